The maximum Gasteiger partial charge on any atom is 0.159 e. The molecule has 2 heterocycles. The Morgan fingerprint density at radius 3 is 2.36 bits per heavy atom. The molecule has 1 aromatic heterocycles. The smallest absolute Gasteiger partial charge is 0.159 e. The highest BCUT2D eigenvalue weighted by atomic mass is 35.5. The lowest BCUT2D eigenvalue weighted by atomic mass is 10.0. The summed E-state index contributed by atoms with van der Waals surface area (Å²) in [6, 6.07) is 8.28. The van der Waals surface area contributed by atoms with Crippen molar-refractivity contribution in [2.75, 3.05) is 26.2 Å². The molecule has 122 valence electrons. The lowest BCUT2D eigenvalue weighted by molar-refractivity contribution is 0.200. The quantitative estimate of drug-likeness (QED) is 0.886. The van der Waals surface area contributed by atoms with Crippen LogP contribution in [0.15, 0.2) is 35.7 Å². The van der Waals surface area contributed by atoms with Gasteiger partial charge < -0.3 is 5.32 Å². The van der Waals surface area contributed by atoms with Gasteiger partial charge in [-0.3, -0.25) is 4.90 Å². The molecule has 0 spiro atoms. The fourth-order valence-electron chi connectivity index (χ4n) is 2.62. The first kappa shape index (κ1) is 19.3. The van der Waals surface area contributed by atoms with Crippen LogP contribution in [0.4, 0.5) is 8.78 Å². The molecule has 1 N–H and O–H groups in total. The van der Waals surface area contributed by atoms with E-state index < -0.39 is 11.6 Å². The number of nitrogens with one attached hydrogen (secondary N) is 1. The van der Waals surface area contributed by atoms with Crippen LogP contribution < -0.4 is 5.32 Å². The topological polar surface area (TPSA) is 15.3 Å². The summed E-state index contributed by atoms with van der Waals surface area (Å²) in [4.78, 5) is 3.48. The average molecular weight is 367 g/mol. The molecule has 22 heavy (non-hydrogen) atoms. The Morgan fingerprint density at radius 2 is 1.77 bits per heavy atom. The molecular formula is C15H18Cl2F2N2S. The predicted octanol–water partition coefficient (Wildman–Crippen LogP) is 3.86. The first-order valence-corrected chi connectivity index (χ1v) is 7.57. The molecule has 0 bridgehead atoms. The number of rotatable bonds is 3. The largest absolute Gasteiger partial charge is 0.314 e. The van der Waals surface area contributed by atoms with Gasteiger partial charge in [0.05, 0.1) is 6.04 Å². The number of thiophene rings is 1. The number of nitrogens with zero attached hydrogens (tertiary/aromatic N) is 1. The summed E-state index contributed by atoms with van der Waals surface area (Å²) in [6.07, 6.45) is 0. The fourth-order valence-corrected chi connectivity index (χ4v) is 3.51. The molecule has 2 aromatic rings. The van der Waals surface area contributed by atoms with Gasteiger partial charge in [0.2, 0.25) is 0 Å². The van der Waals surface area contributed by atoms with Gasteiger partial charge in [-0.25, -0.2) is 8.78 Å². The van der Waals surface area contributed by atoms with Gasteiger partial charge in [-0.2, -0.15) is 0 Å². The van der Waals surface area contributed by atoms with Crippen LogP contribution in [0, 0.1) is 11.6 Å². The molecule has 0 unspecified atom stereocenters. The zero-order valence-corrected chi connectivity index (χ0v) is 14.2. The summed E-state index contributed by atoms with van der Waals surface area (Å²) in [5.74, 6) is -1.57. The van der Waals surface area contributed by atoms with E-state index in [0.29, 0.717) is 0 Å². The lowest BCUT2D eigenvalue weighted by Crippen LogP contribution is -2.45. The number of halogens is 4. The number of hydrogen-bond acceptors (Lipinski definition) is 3. The van der Waals surface area contributed by atoms with E-state index in [-0.39, 0.29) is 30.9 Å². The van der Waals surface area contributed by atoms with Gasteiger partial charge >= 0.3 is 0 Å². The summed E-state index contributed by atoms with van der Waals surface area (Å²) in [6.45, 7) is 3.65. The van der Waals surface area contributed by atoms with Crippen LogP contribution in [0.1, 0.15) is 16.5 Å². The third kappa shape index (κ3) is 4.18. The Kier molecular flexibility index (Phi) is 7.72. The molecule has 0 saturated carbocycles. The van der Waals surface area contributed by atoms with Crippen molar-refractivity contribution in [3.63, 3.8) is 0 Å². The van der Waals surface area contributed by atoms with Crippen molar-refractivity contribution in [2.45, 2.75) is 6.04 Å². The van der Waals surface area contributed by atoms with Crippen molar-refractivity contribution in [1.82, 2.24) is 10.2 Å². The van der Waals surface area contributed by atoms with Gasteiger partial charge in [0.25, 0.3) is 0 Å². The summed E-state index contributed by atoms with van der Waals surface area (Å²) in [5, 5.41) is 5.33. The molecule has 1 fully saturated rings. The van der Waals surface area contributed by atoms with Crippen LogP contribution in [-0.4, -0.2) is 31.1 Å². The number of benzene rings is 1. The van der Waals surface area contributed by atoms with E-state index in [1.165, 1.54) is 12.1 Å². The third-order valence-corrected chi connectivity index (χ3v) is 4.51. The van der Waals surface area contributed by atoms with Gasteiger partial charge in [-0.1, -0.05) is 12.1 Å². The van der Waals surface area contributed by atoms with E-state index in [4.69, 9.17) is 0 Å². The van der Waals surface area contributed by atoms with Crippen molar-refractivity contribution < 1.29 is 8.78 Å². The highest BCUT2D eigenvalue weighted by molar-refractivity contribution is 7.10. The van der Waals surface area contributed by atoms with Crippen LogP contribution in [0.5, 0.6) is 0 Å². The first-order chi connectivity index (χ1) is 9.75. The van der Waals surface area contributed by atoms with E-state index in [2.05, 4.69) is 16.3 Å². The maximum absolute atomic E-state index is 13.5. The second kappa shape index (κ2) is 8.79. The number of hydrogen-bond donors (Lipinski definition) is 1. The van der Waals surface area contributed by atoms with E-state index in [0.717, 1.165) is 36.6 Å². The molecule has 0 radical (unpaired) electrons. The summed E-state index contributed by atoms with van der Waals surface area (Å²) in [7, 11) is 0. The van der Waals surface area contributed by atoms with Crippen LogP contribution in [0.25, 0.3) is 0 Å². The summed E-state index contributed by atoms with van der Waals surface area (Å²) in [5.41, 5.74) is 0.813. The van der Waals surface area contributed by atoms with Gasteiger partial charge in [0.15, 0.2) is 11.6 Å². The van der Waals surface area contributed by atoms with Crippen molar-refractivity contribution in [3.8, 4) is 0 Å². The van der Waals surface area contributed by atoms with Gasteiger partial charge in [-0.05, 0) is 29.1 Å². The Bertz CT molecular complexity index is 575. The second-order valence-corrected chi connectivity index (χ2v) is 5.86. The Balaban J connectivity index is 0.00000121. The van der Waals surface area contributed by atoms with Crippen LogP contribution in [-0.2, 0) is 0 Å². The Labute approximate surface area is 145 Å². The lowest BCUT2D eigenvalue weighted by Gasteiger charge is -2.34. The van der Waals surface area contributed by atoms with E-state index in [1.54, 1.807) is 17.4 Å². The van der Waals surface area contributed by atoms with Gasteiger partial charge in [0.1, 0.15) is 0 Å². The van der Waals surface area contributed by atoms with Gasteiger partial charge in [-0.15, -0.1) is 36.2 Å². The van der Waals surface area contributed by atoms with Gasteiger partial charge in [0, 0.05) is 31.1 Å². The molecular weight excluding hydrogens is 349 g/mol. The molecule has 7 heteroatoms. The summed E-state index contributed by atoms with van der Waals surface area (Å²) >= 11 is 1.65. The average Bonchev–Trinajstić information content (AvgIpc) is 2.98. The minimum atomic E-state index is -0.793. The predicted molar refractivity (Wildman–Crippen MR) is 91.5 cm³/mol. The molecule has 2 nitrogen and oxygen atoms in total. The number of piperazine rings is 1. The molecule has 1 atom stereocenters. The van der Waals surface area contributed by atoms with Crippen molar-refractivity contribution >= 4 is 36.2 Å². The standard InChI is InChI=1S/C15H16F2N2S.2ClH/c16-12-4-3-11(10-13(12)17)15(14-2-1-9-20-14)19-7-5-18-6-8-19;;/h1-4,9-10,15,18H,5-8H2;2*1H/t15-;;/m0../s1. The first-order valence-electron chi connectivity index (χ1n) is 6.69. The van der Waals surface area contributed by atoms with Crippen LogP contribution in [0.3, 0.4) is 0 Å². The van der Waals surface area contributed by atoms with Crippen LogP contribution in [0.2, 0.25) is 0 Å². The van der Waals surface area contributed by atoms with E-state index in [9.17, 15) is 8.78 Å². The highest BCUT2D eigenvalue weighted by Crippen LogP contribution is 2.32. The molecule has 1 aliphatic heterocycles. The summed E-state index contributed by atoms with van der Waals surface area (Å²) < 4.78 is 26.7. The zero-order valence-electron chi connectivity index (χ0n) is 11.8. The molecule has 1 saturated heterocycles. The minimum absolute atomic E-state index is 0. The van der Waals surface area contributed by atoms with Crippen molar-refractivity contribution in [3.05, 3.63) is 57.8 Å². The zero-order chi connectivity index (χ0) is 13.9. The van der Waals surface area contributed by atoms with Crippen LogP contribution >= 0.6 is 36.2 Å². The Morgan fingerprint density at radius 1 is 1.05 bits per heavy atom. The maximum atomic E-state index is 13.5. The van der Waals surface area contributed by atoms with E-state index in [1.807, 2.05) is 11.4 Å². The van der Waals surface area contributed by atoms with E-state index >= 15 is 0 Å². The Hall–Kier alpha value is -0.720. The fraction of sp³-hybridized carbons (Fsp3) is 0.333. The third-order valence-electron chi connectivity index (χ3n) is 3.59. The second-order valence-electron chi connectivity index (χ2n) is 4.88. The monoisotopic (exact) mass is 366 g/mol. The normalized spacial score (nSPS) is 16.5. The minimum Gasteiger partial charge on any atom is -0.314 e. The molecule has 0 aliphatic carbocycles. The molecule has 1 aliphatic rings. The molecule has 0 amide bonds. The molecule has 1 aromatic carbocycles. The highest BCUT2D eigenvalue weighted by Gasteiger charge is 2.25. The van der Waals surface area contributed by atoms with Crippen molar-refractivity contribution in [2.24, 2.45) is 0 Å². The SMILES string of the molecule is Cl.Cl.Fc1ccc([C@@H](c2cccs2)N2CCNCC2)cc1F. The molecule has 3 rings (SSSR count). The van der Waals surface area contributed by atoms with Crippen molar-refractivity contribution in [1.29, 1.82) is 0 Å².